The van der Waals surface area contributed by atoms with Crippen LogP contribution >= 0.6 is 11.3 Å². The van der Waals surface area contributed by atoms with Crippen LogP contribution in [0.25, 0.3) is 70.0 Å². The molecule has 8 rings (SSSR count). The Kier molecular flexibility index (Phi) is 4.94. The molecule has 5 aromatic carbocycles. The molecule has 0 N–H and O–H groups in total. The number of rotatable bonds is 3. The normalized spacial score (nSPS) is 11.7. The average Bonchev–Trinajstić information content (AvgIpc) is 3.54. The van der Waals surface area contributed by atoms with Crippen molar-refractivity contribution in [1.29, 1.82) is 0 Å². The monoisotopic (exact) mass is 516 g/mol. The Hall–Kier alpha value is -4.73. The van der Waals surface area contributed by atoms with Crippen LogP contribution < -0.4 is 0 Å². The first-order valence-electron chi connectivity index (χ1n) is 13.2. The van der Waals surface area contributed by atoms with Crippen molar-refractivity contribution in [1.82, 2.24) is 9.55 Å². The van der Waals surface area contributed by atoms with E-state index in [0.717, 1.165) is 5.52 Å². The maximum Gasteiger partial charge on any atom is 0.0888 e. The van der Waals surface area contributed by atoms with Crippen LogP contribution in [0, 0.1) is 6.92 Å². The number of hydrogen-bond donors (Lipinski definition) is 0. The molecule has 184 valence electrons. The summed E-state index contributed by atoms with van der Waals surface area (Å²) in [7, 11) is 0. The van der Waals surface area contributed by atoms with Crippen LogP contribution in [0.1, 0.15) is 5.56 Å². The minimum absolute atomic E-state index is 1.09. The number of pyridine rings is 1. The summed E-state index contributed by atoms with van der Waals surface area (Å²) in [5.74, 6) is 0. The van der Waals surface area contributed by atoms with Crippen LogP contribution in [-0.2, 0) is 0 Å². The van der Waals surface area contributed by atoms with Gasteiger partial charge in [0.1, 0.15) is 0 Å². The van der Waals surface area contributed by atoms with E-state index < -0.39 is 0 Å². The van der Waals surface area contributed by atoms with Crippen LogP contribution in [0.4, 0.5) is 0 Å². The minimum atomic E-state index is 1.09. The van der Waals surface area contributed by atoms with E-state index in [-0.39, 0.29) is 0 Å². The van der Waals surface area contributed by atoms with Crippen molar-refractivity contribution in [2.75, 3.05) is 0 Å². The first kappa shape index (κ1) is 22.3. The van der Waals surface area contributed by atoms with Crippen LogP contribution in [-0.4, -0.2) is 9.55 Å². The third-order valence-corrected chi connectivity index (χ3v) is 9.02. The maximum atomic E-state index is 4.70. The summed E-state index contributed by atoms with van der Waals surface area (Å²) in [6, 6.07) is 43.9. The highest BCUT2D eigenvalue weighted by Crippen LogP contribution is 2.39. The lowest BCUT2D eigenvalue weighted by Crippen LogP contribution is -1.94. The molecule has 0 spiro atoms. The topological polar surface area (TPSA) is 17.8 Å². The third-order valence-electron chi connectivity index (χ3n) is 7.73. The van der Waals surface area contributed by atoms with Gasteiger partial charge in [-0.3, -0.25) is 4.98 Å². The predicted octanol–water partition coefficient (Wildman–Crippen LogP) is 10.2. The summed E-state index contributed by atoms with van der Waals surface area (Å²) in [6.45, 7) is 2.21. The lowest BCUT2D eigenvalue weighted by Gasteiger charge is -2.12. The quantitative estimate of drug-likeness (QED) is 0.228. The lowest BCUT2D eigenvalue weighted by atomic mass is 9.97. The summed E-state index contributed by atoms with van der Waals surface area (Å²) in [4.78, 5) is 4.70. The Bertz CT molecular complexity index is 2140. The first-order valence-corrected chi connectivity index (χ1v) is 14.0. The summed E-state index contributed by atoms with van der Waals surface area (Å²) in [5.41, 5.74) is 10.9. The molecule has 3 heteroatoms. The van der Waals surface area contributed by atoms with Gasteiger partial charge in [-0.2, -0.15) is 0 Å². The zero-order valence-electron chi connectivity index (χ0n) is 21.4. The summed E-state index contributed by atoms with van der Waals surface area (Å²) in [5, 5.41) is 3.80. The van der Waals surface area contributed by atoms with E-state index in [0.29, 0.717) is 0 Å². The van der Waals surface area contributed by atoms with E-state index in [9.17, 15) is 0 Å². The van der Waals surface area contributed by atoms with Crippen molar-refractivity contribution >= 4 is 53.4 Å². The molecule has 0 aliphatic carbocycles. The number of nitrogens with zero attached hydrogens (tertiary/aromatic N) is 2. The number of hydrogen-bond acceptors (Lipinski definition) is 2. The summed E-state index contributed by atoms with van der Waals surface area (Å²) < 4.78 is 4.94. The van der Waals surface area contributed by atoms with Crippen molar-refractivity contribution in [2.24, 2.45) is 0 Å². The van der Waals surface area contributed by atoms with Gasteiger partial charge < -0.3 is 4.57 Å². The molecule has 0 aliphatic heterocycles. The van der Waals surface area contributed by atoms with Crippen LogP contribution in [0.2, 0.25) is 0 Å². The largest absolute Gasteiger partial charge is 0.309 e. The van der Waals surface area contributed by atoms with Crippen LogP contribution in [0.3, 0.4) is 0 Å². The smallest absolute Gasteiger partial charge is 0.0888 e. The van der Waals surface area contributed by atoms with Gasteiger partial charge in [0, 0.05) is 32.7 Å². The molecule has 0 saturated carbocycles. The molecule has 0 fully saturated rings. The SMILES string of the molecule is Cc1cc(-c2cccc(-c3cccc(-n4c5ccccc5c5ccccc54)c3)c2)cc2c1sc1cccnc12. The predicted molar refractivity (Wildman–Crippen MR) is 167 cm³/mol. The number of aromatic nitrogens is 2. The van der Waals surface area contributed by atoms with Gasteiger partial charge in [0.2, 0.25) is 0 Å². The van der Waals surface area contributed by atoms with E-state index in [2.05, 4.69) is 127 Å². The Morgan fingerprint density at radius 2 is 1.23 bits per heavy atom. The summed E-state index contributed by atoms with van der Waals surface area (Å²) in [6.07, 6.45) is 1.89. The molecule has 2 nitrogen and oxygen atoms in total. The zero-order chi connectivity index (χ0) is 25.9. The standard InChI is InChI=1S/C36H24N2S/c1-23-19-27(22-31-35-34(39-36(23)31)17-8-18-37-35)25-10-6-9-24(20-25)26-11-7-12-28(21-26)38-32-15-4-2-13-29(32)30-14-3-5-16-33(30)38/h2-22H,1H3. The molecule has 0 aliphatic rings. The van der Waals surface area contributed by atoms with E-state index in [1.54, 1.807) is 0 Å². The number of aryl methyl sites for hydroxylation is 1. The van der Waals surface area contributed by atoms with Crippen LogP contribution in [0.5, 0.6) is 0 Å². The van der Waals surface area contributed by atoms with Crippen molar-refractivity contribution < 1.29 is 0 Å². The molecule has 8 aromatic rings. The van der Waals surface area contributed by atoms with Crippen molar-refractivity contribution in [3.63, 3.8) is 0 Å². The van der Waals surface area contributed by atoms with E-state index in [4.69, 9.17) is 4.98 Å². The second-order valence-corrected chi connectivity index (χ2v) is 11.2. The van der Waals surface area contributed by atoms with Gasteiger partial charge in [-0.05, 0) is 89.3 Å². The number of fused-ring (bicyclic) bond motifs is 6. The fourth-order valence-corrected chi connectivity index (χ4v) is 7.05. The Morgan fingerprint density at radius 3 is 2.00 bits per heavy atom. The Morgan fingerprint density at radius 1 is 0.564 bits per heavy atom. The molecule has 0 unspecified atom stereocenters. The Balaban J connectivity index is 1.27. The molecule has 0 saturated heterocycles. The highest BCUT2D eigenvalue weighted by molar-refractivity contribution is 7.26. The van der Waals surface area contributed by atoms with Gasteiger partial charge in [0.05, 0.1) is 21.3 Å². The van der Waals surface area contributed by atoms with E-state index >= 15 is 0 Å². The molecule has 0 amide bonds. The molecule has 0 bridgehead atoms. The van der Waals surface area contributed by atoms with Gasteiger partial charge in [-0.1, -0.05) is 66.7 Å². The zero-order valence-corrected chi connectivity index (χ0v) is 22.2. The fraction of sp³-hybridized carbons (Fsp3) is 0.0278. The molecular formula is C36H24N2S. The number of thiophene rings is 1. The molecule has 3 heterocycles. The second-order valence-electron chi connectivity index (χ2n) is 10.1. The molecular weight excluding hydrogens is 492 g/mol. The molecule has 39 heavy (non-hydrogen) atoms. The first-order chi connectivity index (χ1) is 19.2. The molecule has 3 aromatic heterocycles. The lowest BCUT2D eigenvalue weighted by molar-refractivity contribution is 1.18. The fourth-order valence-electron chi connectivity index (χ4n) is 5.94. The van der Waals surface area contributed by atoms with Gasteiger partial charge in [-0.25, -0.2) is 0 Å². The van der Waals surface area contributed by atoms with Gasteiger partial charge in [0.15, 0.2) is 0 Å². The molecule has 0 radical (unpaired) electrons. The maximum absolute atomic E-state index is 4.70. The number of benzene rings is 5. The van der Waals surface area contributed by atoms with Crippen molar-refractivity contribution in [2.45, 2.75) is 6.92 Å². The Labute approximate surface area is 230 Å². The van der Waals surface area contributed by atoms with Gasteiger partial charge >= 0.3 is 0 Å². The third kappa shape index (κ3) is 3.51. The molecule has 0 atom stereocenters. The van der Waals surface area contributed by atoms with E-state index in [1.165, 1.54) is 70.1 Å². The van der Waals surface area contributed by atoms with Crippen LogP contribution in [0.15, 0.2) is 128 Å². The van der Waals surface area contributed by atoms with Crippen molar-refractivity contribution in [3.05, 3.63) is 133 Å². The van der Waals surface area contributed by atoms with Gasteiger partial charge in [0.25, 0.3) is 0 Å². The van der Waals surface area contributed by atoms with E-state index in [1.807, 2.05) is 23.6 Å². The minimum Gasteiger partial charge on any atom is -0.309 e. The second kappa shape index (κ2) is 8.65. The highest BCUT2D eigenvalue weighted by Gasteiger charge is 2.13. The van der Waals surface area contributed by atoms with Crippen molar-refractivity contribution in [3.8, 4) is 27.9 Å². The summed E-state index contributed by atoms with van der Waals surface area (Å²) >= 11 is 1.83. The highest BCUT2D eigenvalue weighted by atomic mass is 32.1. The average molecular weight is 517 g/mol. The number of para-hydroxylation sites is 2. The van der Waals surface area contributed by atoms with Gasteiger partial charge in [-0.15, -0.1) is 11.3 Å².